The molecule has 8 heavy (non-hydrogen) atoms. The predicted octanol–water partition coefficient (Wildman–Crippen LogP) is 0.985. The molecular weight excluding hydrogens is 100 g/mol. The van der Waals surface area contributed by atoms with Crippen LogP contribution in [0.5, 0.6) is 0 Å². The molecule has 0 aromatic rings. The van der Waals surface area contributed by atoms with Gasteiger partial charge in [0.25, 0.3) is 0 Å². The summed E-state index contributed by atoms with van der Waals surface area (Å²) in [5.41, 5.74) is 0. The van der Waals surface area contributed by atoms with Crippen LogP contribution in [0, 0.1) is 0 Å². The lowest BCUT2D eigenvalue weighted by Gasteiger charge is -2.16. The van der Waals surface area contributed by atoms with Crippen LogP contribution in [-0.4, -0.2) is 31.4 Å². The first-order chi connectivity index (χ1) is 3.68. The minimum atomic E-state index is 0.554. The van der Waals surface area contributed by atoms with E-state index in [1.54, 1.807) is 7.05 Å². The Morgan fingerprint density at radius 3 is 2.12 bits per heavy atom. The van der Waals surface area contributed by atoms with E-state index in [0.717, 1.165) is 0 Å². The van der Waals surface area contributed by atoms with Crippen molar-refractivity contribution >= 4 is 6.34 Å². The number of aliphatic imine (C=N–C) groups is 1. The summed E-state index contributed by atoms with van der Waals surface area (Å²) in [5, 5.41) is 0. The molecule has 0 atom stereocenters. The molecule has 0 unspecified atom stereocenters. The third kappa shape index (κ3) is 2.61. The number of hydrogen-bond donors (Lipinski definition) is 0. The maximum Gasteiger partial charge on any atom is 0.0846 e. The molecule has 0 bridgehead atoms. The van der Waals surface area contributed by atoms with Gasteiger partial charge in [-0.2, -0.15) is 0 Å². The van der Waals surface area contributed by atoms with Gasteiger partial charge in [0.2, 0.25) is 0 Å². The molecule has 0 aromatic carbocycles. The molecule has 0 aromatic heterocycles. The molecule has 0 aliphatic carbocycles. The van der Waals surface area contributed by atoms with Crippen molar-refractivity contribution in [1.29, 1.82) is 0 Å². The van der Waals surface area contributed by atoms with Crippen LogP contribution in [0.4, 0.5) is 0 Å². The quantitative estimate of drug-likeness (QED) is 0.386. The molecule has 0 rings (SSSR count). The van der Waals surface area contributed by atoms with E-state index in [4.69, 9.17) is 0 Å². The zero-order valence-electron chi connectivity index (χ0n) is 6.05. The average molecular weight is 114 g/mol. The molecule has 0 saturated heterocycles. The first kappa shape index (κ1) is 7.47. The fourth-order valence-electron chi connectivity index (χ4n) is 0.315. The van der Waals surface area contributed by atoms with E-state index >= 15 is 0 Å². The summed E-state index contributed by atoms with van der Waals surface area (Å²) in [6.45, 7) is 4.25. The van der Waals surface area contributed by atoms with E-state index < -0.39 is 0 Å². The Labute approximate surface area is 51.2 Å². The molecule has 0 aliphatic rings. The van der Waals surface area contributed by atoms with Gasteiger partial charge in [0.15, 0.2) is 0 Å². The third-order valence-corrected chi connectivity index (χ3v) is 1.11. The maximum atomic E-state index is 3.86. The monoisotopic (exact) mass is 114 g/mol. The van der Waals surface area contributed by atoms with E-state index in [2.05, 4.69) is 23.7 Å². The van der Waals surface area contributed by atoms with E-state index in [0.29, 0.717) is 6.04 Å². The van der Waals surface area contributed by atoms with Crippen LogP contribution in [0.1, 0.15) is 13.8 Å². The Bertz CT molecular complexity index is 76.6. The van der Waals surface area contributed by atoms with Crippen molar-refractivity contribution in [3.8, 4) is 0 Å². The van der Waals surface area contributed by atoms with Crippen molar-refractivity contribution in [2.24, 2.45) is 4.99 Å². The van der Waals surface area contributed by atoms with Gasteiger partial charge in [0, 0.05) is 20.1 Å². The van der Waals surface area contributed by atoms with Crippen LogP contribution >= 0.6 is 0 Å². The van der Waals surface area contributed by atoms with Gasteiger partial charge in [-0.05, 0) is 13.8 Å². The van der Waals surface area contributed by atoms with Crippen LogP contribution in [0.15, 0.2) is 4.99 Å². The first-order valence-electron chi connectivity index (χ1n) is 2.82. The van der Waals surface area contributed by atoms with E-state index in [-0.39, 0.29) is 0 Å². The van der Waals surface area contributed by atoms with Gasteiger partial charge >= 0.3 is 0 Å². The third-order valence-electron chi connectivity index (χ3n) is 1.11. The Balaban J connectivity index is 3.47. The molecule has 0 N–H and O–H groups in total. The Morgan fingerprint density at radius 1 is 1.50 bits per heavy atom. The second-order valence-corrected chi connectivity index (χ2v) is 2.13. The van der Waals surface area contributed by atoms with Crippen LogP contribution in [-0.2, 0) is 0 Å². The zero-order valence-corrected chi connectivity index (χ0v) is 6.05. The molecule has 0 aliphatic heterocycles. The summed E-state index contributed by atoms with van der Waals surface area (Å²) in [4.78, 5) is 5.91. The van der Waals surface area contributed by atoms with Gasteiger partial charge in [-0.3, -0.25) is 4.99 Å². The van der Waals surface area contributed by atoms with Crippen molar-refractivity contribution < 1.29 is 0 Å². The van der Waals surface area contributed by atoms with E-state index in [9.17, 15) is 0 Å². The smallest absolute Gasteiger partial charge is 0.0846 e. The highest BCUT2D eigenvalue weighted by Gasteiger charge is 1.93. The Hall–Kier alpha value is -0.530. The fourth-order valence-corrected chi connectivity index (χ4v) is 0.315. The van der Waals surface area contributed by atoms with E-state index in [1.165, 1.54) is 0 Å². The standard InChI is InChI=1S/C6H14N2/c1-6(2)8(4)5-7-3/h5-6H,1-4H3/b7-5-. The molecular formula is C6H14N2. The molecule has 0 fully saturated rings. The summed E-state index contributed by atoms with van der Waals surface area (Å²) >= 11 is 0. The molecule has 0 saturated carbocycles. The number of rotatable bonds is 2. The van der Waals surface area contributed by atoms with Crippen LogP contribution in [0.2, 0.25) is 0 Å². The highest BCUT2D eigenvalue weighted by Crippen LogP contribution is 1.86. The van der Waals surface area contributed by atoms with Crippen LogP contribution < -0.4 is 0 Å². The molecule has 0 heterocycles. The Morgan fingerprint density at radius 2 is 2.00 bits per heavy atom. The highest BCUT2D eigenvalue weighted by molar-refractivity contribution is 5.54. The van der Waals surface area contributed by atoms with Gasteiger partial charge < -0.3 is 4.90 Å². The van der Waals surface area contributed by atoms with Crippen LogP contribution in [0.25, 0.3) is 0 Å². The molecule has 0 amide bonds. The van der Waals surface area contributed by atoms with Crippen molar-refractivity contribution in [3.05, 3.63) is 0 Å². The average Bonchev–Trinajstić information content (AvgIpc) is 1.67. The molecule has 0 radical (unpaired) electrons. The van der Waals surface area contributed by atoms with Crippen LogP contribution in [0.3, 0.4) is 0 Å². The lowest BCUT2D eigenvalue weighted by Crippen LogP contribution is -2.24. The normalized spacial score (nSPS) is 11.1. The second kappa shape index (κ2) is 3.47. The Kier molecular flexibility index (Phi) is 3.24. The highest BCUT2D eigenvalue weighted by atomic mass is 15.1. The lowest BCUT2D eigenvalue weighted by molar-refractivity contribution is 0.429. The topological polar surface area (TPSA) is 15.6 Å². The predicted molar refractivity (Wildman–Crippen MR) is 37.3 cm³/mol. The fraction of sp³-hybridized carbons (Fsp3) is 0.833. The van der Waals surface area contributed by atoms with Crippen molar-refractivity contribution in [2.45, 2.75) is 19.9 Å². The minimum absolute atomic E-state index is 0.554. The molecule has 0 spiro atoms. The number of hydrogen-bond acceptors (Lipinski definition) is 1. The lowest BCUT2D eigenvalue weighted by atomic mass is 10.4. The van der Waals surface area contributed by atoms with Gasteiger partial charge in [-0.15, -0.1) is 0 Å². The minimum Gasteiger partial charge on any atom is -0.364 e. The van der Waals surface area contributed by atoms with Crippen molar-refractivity contribution in [2.75, 3.05) is 14.1 Å². The molecule has 2 heteroatoms. The molecule has 48 valence electrons. The SMILES string of the molecule is C/N=C\N(C)C(C)C. The van der Waals surface area contributed by atoms with Gasteiger partial charge in [0.1, 0.15) is 0 Å². The first-order valence-corrected chi connectivity index (χ1v) is 2.82. The maximum absolute atomic E-state index is 3.86. The van der Waals surface area contributed by atoms with Crippen molar-refractivity contribution in [3.63, 3.8) is 0 Å². The van der Waals surface area contributed by atoms with Crippen molar-refractivity contribution in [1.82, 2.24) is 4.90 Å². The summed E-state index contributed by atoms with van der Waals surface area (Å²) < 4.78 is 0. The summed E-state index contributed by atoms with van der Waals surface area (Å²) in [6, 6.07) is 0.554. The van der Waals surface area contributed by atoms with Gasteiger partial charge in [0.05, 0.1) is 6.34 Å². The van der Waals surface area contributed by atoms with Gasteiger partial charge in [-0.25, -0.2) is 0 Å². The van der Waals surface area contributed by atoms with Gasteiger partial charge in [-0.1, -0.05) is 0 Å². The summed E-state index contributed by atoms with van der Waals surface area (Å²) in [6.07, 6.45) is 1.82. The summed E-state index contributed by atoms with van der Waals surface area (Å²) in [7, 11) is 3.79. The zero-order chi connectivity index (χ0) is 6.57. The summed E-state index contributed by atoms with van der Waals surface area (Å²) in [5.74, 6) is 0. The number of nitrogens with zero attached hydrogens (tertiary/aromatic N) is 2. The largest absolute Gasteiger partial charge is 0.364 e. The van der Waals surface area contributed by atoms with E-state index in [1.807, 2.05) is 13.4 Å². The molecule has 2 nitrogen and oxygen atoms in total. The second-order valence-electron chi connectivity index (χ2n) is 2.13.